The van der Waals surface area contributed by atoms with Crippen LogP contribution in [0.3, 0.4) is 0 Å². The van der Waals surface area contributed by atoms with E-state index in [1.807, 2.05) is 13.8 Å². The first kappa shape index (κ1) is 15.3. The summed E-state index contributed by atoms with van der Waals surface area (Å²) in [6.45, 7) is 5.21. The zero-order valence-electron chi connectivity index (χ0n) is 11.5. The first-order chi connectivity index (χ1) is 8.93. The molecule has 2 N–H and O–H groups in total. The molecule has 1 heterocycles. The van der Waals surface area contributed by atoms with Crippen LogP contribution >= 0.6 is 0 Å². The minimum atomic E-state index is -0.479. The van der Waals surface area contributed by atoms with Gasteiger partial charge in [0.15, 0.2) is 5.78 Å². The summed E-state index contributed by atoms with van der Waals surface area (Å²) in [6.07, 6.45) is 2.01. The van der Waals surface area contributed by atoms with Gasteiger partial charge in [-0.1, -0.05) is 19.1 Å². The van der Waals surface area contributed by atoms with Gasteiger partial charge in [0.1, 0.15) is 6.54 Å². The Bertz CT molecular complexity index is 442. The number of aromatic nitrogens is 3. The first-order valence-corrected chi connectivity index (χ1v) is 6.23. The molecule has 0 bridgehead atoms. The predicted octanol–water partition coefficient (Wildman–Crippen LogP) is -0.457. The number of hydrogen-bond donors (Lipinski definition) is 2. The van der Waals surface area contributed by atoms with Crippen molar-refractivity contribution in [1.82, 2.24) is 20.3 Å². The van der Waals surface area contributed by atoms with Crippen molar-refractivity contribution in [2.45, 2.75) is 39.8 Å². The van der Waals surface area contributed by atoms with Crippen LogP contribution in [-0.2, 0) is 22.6 Å². The fourth-order valence-electron chi connectivity index (χ4n) is 1.75. The molecule has 0 aromatic carbocycles. The summed E-state index contributed by atoms with van der Waals surface area (Å²) in [5.74, 6) is -0.306. The molecule has 0 saturated carbocycles. The molecule has 1 aromatic rings. The van der Waals surface area contributed by atoms with Gasteiger partial charge in [-0.15, -0.1) is 5.10 Å². The molecule has 7 heteroatoms. The Morgan fingerprint density at radius 2 is 2.16 bits per heavy atom. The third-order valence-corrected chi connectivity index (χ3v) is 2.68. The van der Waals surface area contributed by atoms with Gasteiger partial charge < -0.3 is 10.4 Å². The largest absolute Gasteiger partial charge is 0.396 e. The van der Waals surface area contributed by atoms with Gasteiger partial charge in [0, 0.05) is 19.2 Å². The molecule has 1 aromatic heterocycles. The van der Waals surface area contributed by atoms with Crippen molar-refractivity contribution in [3.05, 3.63) is 11.9 Å². The Hall–Kier alpha value is -1.76. The second-order valence-corrected chi connectivity index (χ2v) is 4.78. The predicted molar refractivity (Wildman–Crippen MR) is 68.3 cm³/mol. The van der Waals surface area contributed by atoms with Crippen LogP contribution in [-0.4, -0.2) is 44.4 Å². The second-order valence-electron chi connectivity index (χ2n) is 4.78. The standard InChI is InChI=1S/C12H20N4O3/c1-8(2)12(9(3)18)13-11(19)7-16-6-10(4-5-17)14-15-16/h6,8,12,17H,4-5,7H2,1-3H3,(H,13,19). The van der Waals surface area contributed by atoms with Gasteiger partial charge in [-0.05, 0) is 12.8 Å². The molecule has 0 saturated heterocycles. The fraction of sp³-hybridized carbons (Fsp3) is 0.667. The van der Waals surface area contributed by atoms with E-state index in [4.69, 9.17) is 5.11 Å². The summed E-state index contributed by atoms with van der Waals surface area (Å²) in [7, 11) is 0. The number of ketones is 1. The Labute approximate surface area is 112 Å². The maximum Gasteiger partial charge on any atom is 0.242 e. The van der Waals surface area contributed by atoms with E-state index in [0.717, 1.165) is 0 Å². The number of aliphatic hydroxyl groups is 1. The van der Waals surface area contributed by atoms with Crippen molar-refractivity contribution >= 4 is 11.7 Å². The topological polar surface area (TPSA) is 97.1 Å². The average Bonchev–Trinajstić information content (AvgIpc) is 2.73. The van der Waals surface area contributed by atoms with Gasteiger partial charge in [0.2, 0.25) is 5.91 Å². The number of hydrogen-bond acceptors (Lipinski definition) is 5. The normalized spacial score (nSPS) is 12.5. The number of rotatable bonds is 7. The molecular weight excluding hydrogens is 248 g/mol. The maximum absolute atomic E-state index is 11.8. The highest BCUT2D eigenvalue weighted by atomic mass is 16.3. The molecular formula is C12H20N4O3. The number of Topliss-reactive ketones (excluding diaryl/α,β-unsaturated/α-hetero) is 1. The minimum Gasteiger partial charge on any atom is -0.396 e. The summed E-state index contributed by atoms with van der Waals surface area (Å²) in [4.78, 5) is 23.2. The van der Waals surface area contributed by atoms with Crippen LogP contribution < -0.4 is 5.32 Å². The summed E-state index contributed by atoms with van der Waals surface area (Å²) >= 11 is 0. The van der Waals surface area contributed by atoms with E-state index in [9.17, 15) is 9.59 Å². The van der Waals surface area contributed by atoms with E-state index in [1.54, 1.807) is 6.20 Å². The number of nitrogens with zero attached hydrogens (tertiary/aromatic N) is 3. The van der Waals surface area contributed by atoms with Gasteiger partial charge in [0.25, 0.3) is 0 Å². The highest BCUT2D eigenvalue weighted by molar-refractivity contribution is 5.87. The zero-order chi connectivity index (χ0) is 14.4. The van der Waals surface area contributed by atoms with Gasteiger partial charge in [-0.25, -0.2) is 4.68 Å². The Kier molecular flexibility index (Phi) is 5.62. The van der Waals surface area contributed by atoms with E-state index in [-0.39, 0.29) is 30.8 Å². The lowest BCUT2D eigenvalue weighted by Gasteiger charge is -2.19. The monoisotopic (exact) mass is 268 g/mol. The van der Waals surface area contributed by atoms with Gasteiger partial charge in [-0.2, -0.15) is 0 Å². The molecule has 1 rings (SSSR count). The molecule has 7 nitrogen and oxygen atoms in total. The van der Waals surface area contributed by atoms with Gasteiger partial charge in [-0.3, -0.25) is 9.59 Å². The van der Waals surface area contributed by atoms with E-state index < -0.39 is 6.04 Å². The molecule has 0 radical (unpaired) electrons. The molecule has 0 aliphatic heterocycles. The molecule has 106 valence electrons. The van der Waals surface area contributed by atoms with E-state index in [1.165, 1.54) is 11.6 Å². The molecule has 19 heavy (non-hydrogen) atoms. The maximum atomic E-state index is 11.8. The second kappa shape index (κ2) is 6.98. The van der Waals surface area contributed by atoms with Gasteiger partial charge >= 0.3 is 0 Å². The zero-order valence-corrected chi connectivity index (χ0v) is 11.5. The number of carbonyl (C=O) groups is 2. The van der Waals surface area contributed by atoms with Crippen LogP contribution in [0.15, 0.2) is 6.20 Å². The summed E-state index contributed by atoms with van der Waals surface area (Å²) < 4.78 is 1.39. The minimum absolute atomic E-state index is 0.00886. The van der Waals surface area contributed by atoms with Crippen molar-refractivity contribution in [2.24, 2.45) is 5.92 Å². The fourth-order valence-corrected chi connectivity index (χ4v) is 1.75. The Morgan fingerprint density at radius 1 is 1.47 bits per heavy atom. The third kappa shape index (κ3) is 4.78. The molecule has 0 aliphatic carbocycles. The first-order valence-electron chi connectivity index (χ1n) is 6.23. The number of nitrogens with one attached hydrogen (secondary N) is 1. The van der Waals surface area contributed by atoms with Crippen LogP contribution in [0.1, 0.15) is 26.5 Å². The third-order valence-electron chi connectivity index (χ3n) is 2.68. The molecule has 0 aliphatic rings. The lowest BCUT2D eigenvalue weighted by molar-refractivity contribution is -0.128. The molecule has 0 spiro atoms. The van der Waals surface area contributed by atoms with Crippen molar-refractivity contribution in [2.75, 3.05) is 6.61 Å². The smallest absolute Gasteiger partial charge is 0.242 e. The van der Waals surface area contributed by atoms with Crippen LogP contribution in [0.2, 0.25) is 0 Å². The van der Waals surface area contributed by atoms with Crippen LogP contribution in [0.5, 0.6) is 0 Å². The molecule has 1 atom stereocenters. The number of amides is 1. The summed E-state index contributed by atoms with van der Waals surface area (Å²) in [6, 6.07) is -0.479. The lowest BCUT2D eigenvalue weighted by Crippen LogP contribution is -2.44. The van der Waals surface area contributed by atoms with Gasteiger partial charge in [0.05, 0.1) is 11.7 Å². The highest BCUT2D eigenvalue weighted by Gasteiger charge is 2.20. The van der Waals surface area contributed by atoms with Crippen molar-refractivity contribution < 1.29 is 14.7 Å². The van der Waals surface area contributed by atoms with Crippen LogP contribution in [0, 0.1) is 5.92 Å². The Morgan fingerprint density at radius 3 is 2.68 bits per heavy atom. The van der Waals surface area contributed by atoms with E-state index in [2.05, 4.69) is 15.6 Å². The van der Waals surface area contributed by atoms with Crippen molar-refractivity contribution in [3.63, 3.8) is 0 Å². The molecule has 1 unspecified atom stereocenters. The number of aliphatic hydroxyl groups excluding tert-OH is 1. The van der Waals surface area contributed by atoms with Crippen LogP contribution in [0.4, 0.5) is 0 Å². The van der Waals surface area contributed by atoms with E-state index >= 15 is 0 Å². The van der Waals surface area contributed by atoms with Crippen molar-refractivity contribution in [3.8, 4) is 0 Å². The average molecular weight is 268 g/mol. The van der Waals surface area contributed by atoms with Crippen LogP contribution in [0.25, 0.3) is 0 Å². The highest BCUT2D eigenvalue weighted by Crippen LogP contribution is 2.03. The summed E-state index contributed by atoms with van der Waals surface area (Å²) in [5.41, 5.74) is 0.627. The SMILES string of the molecule is CC(=O)C(NC(=O)Cn1cc(CCO)nn1)C(C)C. The summed E-state index contributed by atoms with van der Waals surface area (Å²) in [5, 5.41) is 19.0. The van der Waals surface area contributed by atoms with E-state index in [0.29, 0.717) is 12.1 Å². The Balaban J connectivity index is 2.56. The lowest BCUT2D eigenvalue weighted by atomic mass is 10.0. The molecule has 0 fully saturated rings. The number of carbonyl (C=O) groups excluding carboxylic acids is 2. The molecule has 1 amide bonds. The van der Waals surface area contributed by atoms with Crippen molar-refractivity contribution in [1.29, 1.82) is 0 Å². The quantitative estimate of drug-likeness (QED) is 0.697.